The first-order valence-electron chi connectivity index (χ1n) is 18.3. The van der Waals surface area contributed by atoms with Crippen LogP contribution in [0.5, 0.6) is 0 Å². The maximum atomic E-state index is 14.3. The number of ether oxygens (including phenoxy) is 3. The molecule has 1 aromatic carbocycles. The molecule has 3 rings (SSSR count). The number of alkyl carbamates (subject to hydrolysis) is 1. The van der Waals surface area contributed by atoms with E-state index in [9.17, 15) is 19.2 Å². The summed E-state index contributed by atoms with van der Waals surface area (Å²) in [5.41, 5.74) is -3.14. The van der Waals surface area contributed by atoms with Crippen molar-refractivity contribution in [3.8, 4) is 0 Å². The number of amides is 3. The second kappa shape index (κ2) is 16.6. The zero-order chi connectivity index (χ0) is 38.4. The topological polar surface area (TPSA) is 142 Å². The molecule has 0 radical (unpaired) electrons. The Morgan fingerprint density at radius 3 is 2.06 bits per heavy atom. The molecule has 0 aromatic heterocycles. The highest BCUT2D eigenvalue weighted by atomic mass is 16.7. The second-order valence-corrected chi connectivity index (χ2v) is 17.4. The van der Waals surface area contributed by atoms with Crippen molar-refractivity contribution in [3.05, 3.63) is 35.9 Å². The second-order valence-electron chi connectivity index (χ2n) is 17.4. The van der Waals surface area contributed by atoms with Gasteiger partial charge in [-0.25, -0.2) is 14.4 Å². The molecule has 3 atom stereocenters. The van der Waals surface area contributed by atoms with Gasteiger partial charge in [-0.05, 0) is 99.9 Å². The number of nitrogens with zero attached hydrogens (tertiary/aromatic N) is 1. The van der Waals surface area contributed by atoms with E-state index in [0.717, 1.165) is 5.56 Å². The number of hydrogen-bond donors (Lipinski definition) is 2. The van der Waals surface area contributed by atoms with Gasteiger partial charge in [0.2, 0.25) is 5.91 Å². The number of hydrogen-bond acceptors (Lipinski definition) is 9. The summed E-state index contributed by atoms with van der Waals surface area (Å²) in [6.07, 6.45) is 1.14. The number of unbranched alkanes of at least 4 members (excludes halogenated alkanes) is 1. The Hall–Kier alpha value is -3.32. The summed E-state index contributed by atoms with van der Waals surface area (Å²) < 4.78 is 29.6. The third-order valence-corrected chi connectivity index (χ3v) is 9.35. The molecular weight excluding hydrogens is 653 g/mol. The van der Waals surface area contributed by atoms with Crippen LogP contribution in [-0.2, 0) is 39.7 Å². The SMILES string of the molecule is CC(C)C[C@H](NC(=O)OC(C)(C)C)C(=O)N[C@H]1CN(C(=O)OC(C)(C)C)[C@@](CCCCB2OC(C)(C)C(C)(C)O2)(C(=O)OCc2ccccc2)C1. The van der Waals surface area contributed by atoms with E-state index in [2.05, 4.69) is 10.6 Å². The van der Waals surface area contributed by atoms with Gasteiger partial charge in [0, 0.05) is 19.0 Å². The van der Waals surface area contributed by atoms with Gasteiger partial charge >= 0.3 is 25.3 Å². The van der Waals surface area contributed by atoms with Crippen LogP contribution < -0.4 is 10.6 Å². The molecule has 3 amide bonds. The Bertz CT molecular complexity index is 1340. The third-order valence-electron chi connectivity index (χ3n) is 9.35. The lowest BCUT2D eigenvalue weighted by atomic mass is 9.80. The third kappa shape index (κ3) is 12.1. The van der Waals surface area contributed by atoms with Crippen LogP contribution in [0.1, 0.15) is 121 Å². The van der Waals surface area contributed by atoms with Crippen molar-refractivity contribution in [1.29, 1.82) is 0 Å². The molecule has 0 unspecified atom stereocenters. The van der Waals surface area contributed by atoms with E-state index in [1.807, 2.05) is 71.9 Å². The quantitative estimate of drug-likeness (QED) is 0.0977. The first-order chi connectivity index (χ1) is 23.4. The summed E-state index contributed by atoms with van der Waals surface area (Å²) in [4.78, 5) is 56.1. The average Bonchev–Trinajstić information content (AvgIpc) is 3.44. The molecule has 51 heavy (non-hydrogen) atoms. The predicted octanol–water partition coefficient (Wildman–Crippen LogP) is 6.80. The number of esters is 1. The van der Waals surface area contributed by atoms with Gasteiger partial charge in [-0.3, -0.25) is 9.69 Å². The Kier molecular flexibility index (Phi) is 13.7. The Morgan fingerprint density at radius 2 is 1.51 bits per heavy atom. The smallest absolute Gasteiger partial charge is 0.457 e. The number of carbonyl (C=O) groups is 4. The predicted molar refractivity (Wildman–Crippen MR) is 196 cm³/mol. The van der Waals surface area contributed by atoms with Crippen LogP contribution in [0.25, 0.3) is 0 Å². The van der Waals surface area contributed by atoms with E-state index in [1.165, 1.54) is 4.90 Å². The number of nitrogens with one attached hydrogen (secondary N) is 2. The van der Waals surface area contributed by atoms with E-state index >= 15 is 0 Å². The minimum atomic E-state index is -1.43. The Labute approximate surface area is 305 Å². The van der Waals surface area contributed by atoms with Gasteiger partial charge < -0.3 is 34.2 Å². The average molecular weight is 716 g/mol. The number of benzene rings is 1. The summed E-state index contributed by atoms with van der Waals surface area (Å²) in [7, 11) is -0.399. The van der Waals surface area contributed by atoms with E-state index in [1.54, 1.807) is 41.5 Å². The fraction of sp³-hybridized carbons (Fsp3) is 0.737. The molecule has 2 saturated heterocycles. The Balaban J connectivity index is 1.89. The normalized spacial score (nSPS) is 22.0. The lowest BCUT2D eigenvalue weighted by Crippen LogP contribution is -2.55. The molecule has 13 heteroatoms. The zero-order valence-electron chi connectivity index (χ0n) is 33.0. The molecule has 2 aliphatic heterocycles. The van der Waals surface area contributed by atoms with Crippen molar-refractivity contribution in [2.45, 2.75) is 168 Å². The first kappa shape index (κ1) is 42.1. The molecule has 0 bridgehead atoms. The Morgan fingerprint density at radius 1 is 0.922 bits per heavy atom. The van der Waals surface area contributed by atoms with Crippen molar-refractivity contribution in [3.63, 3.8) is 0 Å². The summed E-state index contributed by atoms with van der Waals surface area (Å²) in [6, 6.07) is 7.80. The van der Waals surface area contributed by atoms with E-state index < -0.39 is 71.2 Å². The van der Waals surface area contributed by atoms with Gasteiger partial charge in [0.15, 0.2) is 0 Å². The first-order valence-corrected chi connectivity index (χ1v) is 18.3. The van der Waals surface area contributed by atoms with Crippen LogP contribution >= 0.6 is 0 Å². The van der Waals surface area contributed by atoms with Crippen LogP contribution in [0.4, 0.5) is 9.59 Å². The molecule has 1 aromatic rings. The van der Waals surface area contributed by atoms with Crippen molar-refractivity contribution in [2.75, 3.05) is 6.54 Å². The van der Waals surface area contributed by atoms with Crippen molar-refractivity contribution in [2.24, 2.45) is 5.92 Å². The van der Waals surface area contributed by atoms with Gasteiger partial charge in [-0.2, -0.15) is 0 Å². The molecule has 286 valence electrons. The summed E-state index contributed by atoms with van der Waals surface area (Å²) in [5.74, 6) is -0.929. The van der Waals surface area contributed by atoms with Crippen LogP contribution in [-0.4, -0.2) is 82.7 Å². The molecule has 0 aliphatic carbocycles. The largest absolute Gasteiger partial charge is 0.459 e. The van der Waals surface area contributed by atoms with Crippen LogP contribution in [0.3, 0.4) is 0 Å². The maximum Gasteiger partial charge on any atom is 0.457 e. The van der Waals surface area contributed by atoms with Gasteiger partial charge in [0.05, 0.1) is 11.2 Å². The molecule has 12 nitrogen and oxygen atoms in total. The number of likely N-dealkylation sites (tertiary alicyclic amines) is 1. The molecular formula is C38H62BN3O9. The standard InChI is InChI=1S/C38H62BN3O9/c1-26(2)22-29(41-32(45)48-34(3,4)5)30(43)40-28-23-38(42(24-28)33(46)49-35(6,7)8,31(44)47-25-27-18-14-13-15-19-27)20-16-17-21-39-50-36(9,10)37(11,12)51-39/h13-15,18-19,26,28-29H,16-17,20-25H2,1-12H3,(H,40,43)(H,41,45)/t28-,29+,38-/m1/s1. The summed E-state index contributed by atoms with van der Waals surface area (Å²) >= 11 is 0. The summed E-state index contributed by atoms with van der Waals surface area (Å²) in [5, 5.41) is 5.74. The van der Waals surface area contributed by atoms with Crippen LogP contribution in [0.2, 0.25) is 6.32 Å². The lowest BCUT2D eigenvalue weighted by Gasteiger charge is -2.37. The van der Waals surface area contributed by atoms with E-state index in [4.69, 9.17) is 23.5 Å². The highest BCUT2D eigenvalue weighted by molar-refractivity contribution is 6.45. The number of carbonyl (C=O) groups excluding carboxylic acids is 4. The molecule has 2 fully saturated rings. The monoisotopic (exact) mass is 715 g/mol. The van der Waals surface area contributed by atoms with Crippen LogP contribution in [0, 0.1) is 5.92 Å². The molecule has 2 N–H and O–H groups in total. The fourth-order valence-corrected chi connectivity index (χ4v) is 6.30. The molecule has 0 saturated carbocycles. The lowest BCUT2D eigenvalue weighted by molar-refractivity contribution is -0.158. The van der Waals surface area contributed by atoms with Gasteiger partial charge in [0.25, 0.3) is 0 Å². The minimum Gasteiger partial charge on any atom is -0.459 e. The van der Waals surface area contributed by atoms with Gasteiger partial charge in [0.1, 0.15) is 29.4 Å². The van der Waals surface area contributed by atoms with E-state index in [-0.39, 0.29) is 31.9 Å². The molecule has 0 spiro atoms. The molecule has 2 heterocycles. The van der Waals surface area contributed by atoms with Crippen molar-refractivity contribution < 1.29 is 42.7 Å². The fourth-order valence-electron chi connectivity index (χ4n) is 6.30. The number of rotatable bonds is 13. The minimum absolute atomic E-state index is 0.0130. The van der Waals surface area contributed by atoms with Gasteiger partial charge in [-0.15, -0.1) is 0 Å². The zero-order valence-corrected chi connectivity index (χ0v) is 33.0. The van der Waals surface area contributed by atoms with Gasteiger partial charge in [-0.1, -0.05) is 57.0 Å². The summed E-state index contributed by atoms with van der Waals surface area (Å²) in [6.45, 7) is 22.5. The maximum absolute atomic E-state index is 14.3. The highest BCUT2D eigenvalue weighted by Gasteiger charge is 2.56. The van der Waals surface area contributed by atoms with Crippen molar-refractivity contribution in [1.82, 2.24) is 15.5 Å². The van der Waals surface area contributed by atoms with E-state index in [0.29, 0.717) is 25.6 Å². The highest BCUT2D eigenvalue weighted by Crippen LogP contribution is 2.40. The van der Waals surface area contributed by atoms with Crippen LogP contribution in [0.15, 0.2) is 30.3 Å². The molecule has 2 aliphatic rings. The van der Waals surface area contributed by atoms with Crippen molar-refractivity contribution >= 4 is 31.2 Å².